The maximum atomic E-state index is 12.2. The van der Waals surface area contributed by atoms with Crippen LogP contribution in [0.3, 0.4) is 0 Å². The van der Waals surface area contributed by atoms with E-state index in [1.165, 1.54) is 0 Å². The summed E-state index contributed by atoms with van der Waals surface area (Å²) in [6, 6.07) is 3.82. The van der Waals surface area contributed by atoms with Crippen molar-refractivity contribution in [2.24, 2.45) is 4.58 Å². The van der Waals surface area contributed by atoms with Gasteiger partial charge >= 0.3 is 5.97 Å². The first-order valence-corrected chi connectivity index (χ1v) is 9.58. The van der Waals surface area contributed by atoms with Gasteiger partial charge in [0.1, 0.15) is 18.1 Å². The van der Waals surface area contributed by atoms with Crippen LogP contribution in [0.5, 0.6) is 11.5 Å². The average molecular weight is 383 g/mol. The van der Waals surface area contributed by atoms with E-state index in [-0.39, 0.29) is 12.4 Å². The predicted octanol–water partition coefficient (Wildman–Crippen LogP) is 4.38. The fourth-order valence-corrected chi connectivity index (χ4v) is 2.77. The lowest BCUT2D eigenvalue weighted by Crippen LogP contribution is -2.23. The highest BCUT2D eigenvalue weighted by atomic mass is 32.2. The largest absolute Gasteiger partial charge is 0.492 e. The highest BCUT2D eigenvalue weighted by Gasteiger charge is 2.25. The number of ether oxygens (including phenoxy) is 2. The van der Waals surface area contributed by atoms with Gasteiger partial charge in [-0.2, -0.15) is 0 Å². The molecule has 0 fully saturated rings. The van der Waals surface area contributed by atoms with E-state index in [1.807, 2.05) is 33.2 Å². The molecule has 0 amide bonds. The number of likely N-dealkylation sites (N-methyl/N-ethyl adjacent to an activating group) is 1. The molecule has 0 spiro atoms. The van der Waals surface area contributed by atoms with Crippen molar-refractivity contribution in [3.63, 3.8) is 0 Å². The van der Waals surface area contributed by atoms with Crippen LogP contribution in [0.25, 0.3) is 0 Å². The summed E-state index contributed by atoms with van der Waals surface area (Å²) in [6.07, 6.45) is 1.92. The van der Waals surface area contributed by atoms with Gasteiger partial charge in [0.05, 0.1) is 6.42 Å². The Labute approximate surface area is 160 Å². The van der Waals surface area contributed by atoms with Crippen molar-refractivity contribution in [2.45, 2.75) is 51.7 Å². The van der Waals surface area contributed by atoms with E-state index in [1.54, 1.807) is 13.8 Å². The summed E-state index contributed by atoms with van der Waals surface area (Å²) in [6.45, 7) is 9.01. The zero-order valence-electron chi connectivity index (χ0n) is 16.6. The second-order valence-electron chi connectivity index (χ2n) is 7.20. The molecule has 1 rings (SSSR count). The van der Waals surface area contributed by atoms with Gasteiger partial charge in [-0.15, -0.1) is 4.91 Å². The molecule has 0 radical (unpaired) electrons. The van der Waals surface area contributed by atoms with Crippen molar-refractivity contribution < 1.29 is 14.3 Å². The zero-order chi connectivity index (χ0) is 19.7. The number of benzene rings is 1. The molecule has 6 nitrogen and oxygen atoms in total. The Morgan fingerprint density at radius 1 is 1.27 bits per heavy atom. The number of aryl methyl sites for hydroxylation is 2. The number of nitrogens with zero attached hydrogens (tertiary/aromatic N) is 2. The normalized spacial score (nSPS) is 11.5. The van der Waals surface area contributed by atoms with Gasteiger partial charge in [0.2, 0.25) is 0 Å². The van der Waals surface area contributed by atoms with E-state index in [2.05, 4.69) is 16.4 Å². The summed E-state index contributed by atoms with van der Waals surface area (Å²) >= 11 is 0.846. The van der Waals surface area contributed by atoms with Crippen molar-refractivity contribution in [1.29, 1.82) is 0 Å². The van der Waals surface area contributed by atoms with Crippen molar-refractivity contribution in [1.82, 2.24) is 4.90 Å². The monoisotopic (exact) mass is 382 g/mol. The molecule has 0 aliphatic heterocycles. The van der Waals surface area contributed by atoms with E-state index < -0.39 is 4.75 Å². The van der Waals surface area contributed by atoms with E-state index >= 15 is 0 Å². The van der Waals surface area contributed by atoms with Gasteiger partial charge in [0, 0.05) is 27.8 Å². The van der Waals surface area contributed by atoms with E-state index in [0.717, 1.165) is 48.2 Å². The highest BCUT2D eigenvalue weighted by Crippen LogP contribution is 2.32. The Balaban J connectivity index is 2.90. The first kappa shape index (κ1) is 22.4. The van der Waals surface area contributed by atoms with Crippen LogP contribution in [-0.4, -0.2) is 42.9 Å². The number of hydrogen-bond donors (Lipinski definition) is 0. The number of hydrogen-bond acceptors (Lipinski definition) is 7. The van der Waals surface area contributed by atoms with E-state index in [9.17, 15) is 9.70 Å². The van der Waals surface area contributed by atoms with Crippen LogP contribution in [0.4, 0.5) is 0 Å². The molecule has 7 heteroatoms. The Morgan fingerprint density at radius 2 is 1.96 bits per heavy atom. The number of carbonyl (C=O) groups excluding carboxylic acids is 1. The minimum Gasteiger partial charge on any atom is -0.492 e. The van der Waals surface area contributed by atoms with Crippen LogP contribution < -0.4 is 9.47 Å². The number of nitroso groups, excluding NO2 is 1. The molecule has 0 saturated carbocycles. The first-order chi connectivity index (χ1) is 12.2. The van der Waals surface area contributed by atoms with Gasteiger partial charge in [0.15, 0.2) is 0 Å². The second kappa shape index (κ2) is 10.5. The van der Waals surface area contributed by atoms with Crippen molar-refractivity contribution >= 4 is 17.9 Å². The van der Waals surface area contributed by atoms with Gasteiger partial charge in [-0.25, -0.2) is 0 Å². The lowest BCUT2D eigenvalue weighted by Gasteiger charge is -2.19. The van der Waals surface area contributed by atoms with Gasteiger partial charge in [-0.1, -0.05) is 13.3 Å². The Hall–Kier alpha value is -1.60. The molecule has 0 atom stereocenters. The minimum absolute atomic E-state index is 0.104. The molecule has 0 N–H and O–H groups in total. The van der Waals surface area contributed by atoms with Crippen LogP contribution in [0, 0.1) is 11.8 Å². The molecule has 1 aromatic carbocycles. The maximum absolute atomic E-state index is 12.2. The van der Waals surface area contributed by atoms with Crippen LogP contribution in [0.1, 0.15) is 44.7 Å². The summed E-state index contributed by atoms with van der Waals surface area (Å²) in [5.41, 5.74) is 1.87. The predicted molar refractivity (Wildman–Crippen MR) is 107 cm³/mol. The third-order valence-electron chi connectivity index (χ3n) is 3.75. The van der Waals surface area contributed by atoms with Crippen LogP contribution in [0.15, 0.2) is 16.7 Å². The summed E-state index contributed by atoms with van der Waals surface area (Å²) < 4.78 is 13.7. The lowest BCUT2D eigenvalue weighted by molar-refractivity contribution is -0.134. The smallest absolute Gasteiger partial charge is 0.312 e. The Kier molecular flexibility index (Phi) is 9.08. The molecular formula is C19H30N2O4S. The van der Waals surface area contributed by atoms with E-state index in [4.69, 9.17) is 9.47 Å². The van der Waals surface area contributed by atoms with Crippen LogP contribution in [0.2, 0.25) is 0 Å². The third kappa shape index (κ3) is 7.74. The maximum Gasteiger partial charge on any atom is 0.312 e. The Bertz CT molecular complexity index is 618. The fourth-order valence-electron chi connectivity index (χ4n) is 2.39. The number of esters is 1. The molecule has 26 heavy (non-hydrogen) atoms. The first-order valence-electron chi connectivity index (χ1n) is 8.81. The standard InChI is InChI=1S/C19H30N2O4S/c1-7-8-15-12-16(25-18(22)13-19(3,4)26-20-23)14(2)11-17(15)24-10-9-21(5)6/h11-12H,7-10,13H2,1-6H3. The SMILES string of the molecule is CCCc1cc(OC(=O)CC(C)(C)SN=O)c(C)cc1OCCN(C)C. The Morgan fingerprint density at radius 3 is 2.54 bits per heavy atom. The summed E-state index contributed by atoms with van der Waals surface area (Å²) in [4.78, 5) is 24.7. The molecule has 0 saturated heterocycles. The van der Waals surface area contributed by atoms with E-state index in [0.29, 0.717) is 12.4 Å². The summed E-state index contributed by atoms with van der Waals surface area (Å²) in [5.74, 6) is 1.00. The topological polar surface area (TPSA) is 68.2 Å². The van der Waals surface area contributed by atoms with Crippen molar-refractivity contribution in [3.8, 4) is 11.5 Å². The van der Waals surface area contributed by atoms with Crippen LogP contribution >= 0.6 is 11.9 Å². The van der Waals surface area contributed by atoms with Crippen molar-refractivity contribution in [2.75, 3.05) is 27.2 Å². The molecule has 0 aliphatic rings. The lowest BCUT2D eigenvalue weighted by atomic mass is 10.1. The quantitative estimate of drug-likeness (QED) is 0.245. The molecule has 0 aromatic heterocycles. The minimum atomic E-state index is -0.589. The highest BCUT2D eigenvalue weighted by molar-refractivity contribution is 7.99. The average Bonchev–Trinajstić information content (AvgIpc) is 2.50. The molecule has 146 valence electrons. The zero-order valence-corrected chi connectivity index (χ0v) is 17.4. The van der Waals surface area contributed by atoms with Gasteiger partial charge < -0.3 is 14.4 Å². The van der Waals surface area contributed by atoms with Gasteiger partial charge in [0.25, 0.3) is 0 Å². The molecule has 0 aliphatic carbocycles. The fraction of sp³-hybridized carbons (Fsp3) is 0.632. The van der Waals surface area contributed by atoms with Crippen LogP contribution in [-0.2, 0) is 11.2 Å². The molecule has 0 bridgehead atoms. The summed E-state index contributed by atoms with van der Waals surface area (Å²) in [7, 11) is 4.01. The third-order valence-corrected chi connectivity index (χ3v) is 4.46. The number of rotatable bonds is 11. The number of carbonyl (C=O) groups is 1. The summed E-state index contributed by atoms with van der Waals surface area (Å²) in [5, 5.41) is 0. The van der Waals surface area contributed by atoms with Crippen molar-refractivity contribution in [3.05, 3.63) is 28.2 Å². The second-order valence-corrected chi connectivity index (χ2v) is 8.64. The molecular weight excluding hydrogens is 352 g/mol. The molecule has 1 aromatic rings. The van der Waals surface area contributed by atoms with Gasteiger partial charge in [-0.3, -0.25) is 4.79 Å². The van der Waals surface area contributed by atoms with Gasteiger partial charge in [-0.05, 0) is 64.5 Å². The molecule has 0 unspecified atom stereocenters. The molecule has 0 heterocycles.